The third-order valence-electron chi connectivity index (χ3n) is 5.29. The molecule has 1 atom stereocenters. The fourth-order valence-electron chi connectivity index (χ4n) is 3.58. The maximum absolute atomic E-state index is 11.8. The van der Waals surface area contributed by atoms with Crippen LogP contribution in [0, 0.1) is 6.92 Å². The predicted octanol–water partition coefficient (Wildman–Crippen LogP) is 5.77. The Labute approximate surface area is 160 Å². The number of rotatable bonds is 6. The minimum atomic E-state index is -0.308. The van der Waals surface area contributed by atoms with Crippen molar-refractivity contribution in [1.29, 1.82) is 0 Å². The molecule has 0 aliphatic rings. The summed E-state index contributed by atoms with van der Waals surface area (Å²) >= 11 is 0. The van der Waals surface area contributed by atoms with Crippen LogP contribution in [0.5, 0.6) is 5.75 Å². The molecule has 0 saturated carbocycles. The van der Waals surface area contributed by atoms with E-state index in [9.17, 15) is 9.90 Å². The molecule has 0 aliphatic carbocycles. The van der Waals surface area contributed by atoms with Crippen LogP contribution in [-0.4, -0.2) is 18.2 Å². The molecule has 3 nitrogen and oxygen atoms in total. The molecule has 1 unspecified atom stereocenters. The Morgan fingerprint density at radius 1 is 1.04 bits per heavy atom. The second-order valence-corrected chi connectivity index (χ2v) is 7.08. The van der Waals surface area contributed by atoms with Crippen LogP contribution in [0.1, 0.15) is 52.7 Å². The highest BCUT2D eigenvalue weighted by molar-refractivity contribution is 5.95. The first kappa shape index (κ1) is 19.0. The Bertz CT molecular complexity index is 959. The number of aromatic hydroxyl groups is 1. The number of hydrogen-bond acceptors (Lipinski definition) is 3. The van der Waals surface area contributed by atoms with Crippen molar-refractivity contribution < 1.29 is 14.6 Å². The molecule has 3 aromatic rings. The number of fused-ring (bicyclic) bond motifs is 1. The average molecular weight is 362 g/mol. The van der Waals surface area contributed by atoms with Gasteiger partial charge in [-0.05, 0) is 77.8 Å². The van der Waals surface area contributed by atoms with Gasteiger partial charge >= 0.3 is 5.97 Å². The molecule has 0 aromatic heterocycles. The van der Waals surface area contributed by atoms with Gasteiger partial charge in [0.15, 0.2) is 0 Å². The number of phenolic OH excluding ortho intramolecular Hbond substituents is 1. The summed E-state index contributed by atoms with van der Waals surface area (Å²) < 4.78 is 4.83. The van der Waals surface area contributed by atoms with Gasteiger partial charge in [0.05, 0.1) is 12.7 Å². The molecule has 140 valence electrons. The molecule has 0 spiro atoms. The number of carbonyl (C=O) groups is 1. The standard InChI is InChI=1S/C24H26O3/c1-4-18(7-5-17-6-12-23(25)16(2)13-17)20-10-8-19-9-11-21(24(26)27-3)15-22(19)14-20/h6,8-15,18,25H,4-5,7H2,1-3H3. The molecule has 27 heavy (non-hydrogen) atoms. The summed E-state index contributed by atoms with van der Waals surface area (Å²) in [6.45, 7) is 4.14. The van der Waals surface area contributed by atoms with E-state index in [1.165, 1.54) is 18.2 Å². The van der Waals surface area contributed by atoms with Crippen LogP contribution in [0.3, 0.4) is 0 Å². The van der Waals surface area contributed by atoms with E-state index < -0.39 is 0 Å². The maximum atomic E-state index is 11.8. The van der Waals surface area contributed by atoms with Gasteiger partial charge in [0.1, 0.15) is 5.75 Å². The molecule has 0 amide bonds. The Balaban J connectivity index is 1.82. The first-order valence-electron chi connectivity index (χ1n) is 9.42. The molecule has 0 fully saturated rings. The summed E-state index contributed by atoms with van der Waals surface area (Å²) in [5, 5.41) is 11.9. The topological polar surface area (TPSA) is 46.5 Å². The van der Waals surface area contributed by atoms with Crippen LogP contribution in [0.25, 0.3) is 10.8 Å². The number of esters is 1. The van der Waals surface area contributed by atoms with E-state index in [1.807, 2.05) is 25.1 Å². The van der Waals surface area contributed by atoms with Gasteiger partial charge in [-0.1, -0.05) is 43.3 Å². The molecule has 3 aromatic carbocycles. The zero-order chi connectivity index (χ0) is 19.4. The molecule has 0 aliphatic heterocycles. The number of carbonyl (C=O) groups excluding carboxylic acids is 1. The molecule has 0 bridgehead atoms. The molecule has 0 heterocycles. The van der Waals surface area contributed by atoms with Gasteiger partial charge in [0, 0.05) is 0 Å². The monoisotopic (exact) mass is 362 g/mol. The van der Waals surface area contributed by atoms with Gasteiger partial charge in [0.2, 0.25) is 0 Å². The van der Waals surface area contributed by atoms with E-state index in [4.69, 9.17) is 4.74 Å². The van der Waals surface area contributed by atoms with E-state index in [1.54, 1.807) is 12.1 Å². The van der Waals surface area contributed by atoms with E-state index in [0.29, 0.717) is 17.2 Å². The number of methoxy groups -OCH3 is 1. The second kappa shape index (κ2) is 8.26. The maximum Gasteiger partial charge on any atom is 0.337 e. The van der Waals surface area contributed by atoms with Gasteiger partial charge in [-0.2, -0.15) is 0 Å². The van der Waals surface area contributed by atoms with Crippen LogP contribution in [-0.2, 0) is 11.2 Å². The Morgan fingerprint density at radius 2 is 1.81 bits per heavy atom. The molecule has 3 rings (SSSR count). The molecular weight excluding hydrogens is 336 g/mol. The van der Waals surface area contributed by atoms with Crippen molar-refractivity contribution in [1.82, 2.24) is 0 Å². The summed E-state index contributed by atoms with van der Waals surface area (Å²) in [7, 11) is 1.40. The Morgan fingerprint density at radius 3 is 2.52 bits per heavy atom. The minimum absolute atomic E-state index is 0.308. The average Bonchev–Trinajstić information content (AvgIpc) is 2.69. The van der Waals surface area contributed by atoms with Crippen molar-refractivity contribution in [3.63, 3.8) is 0 Å². The summed E-state index contributed by atoms with van der Waals surface area (Å²) in [4.78, 5) is 11.8. The number of benzene rings is 3. The van der Waals surface area contributed by atoms with Crippen molar-refractivity contribution in [3.8, 4) is 5.75 Å². The normalized spacial score (nSPS) is 12.1. The summed E-state index contributed by atoms with van der Waals surface area (Å²) in [5.41, 5.74) is 4.04. The van der Waals surface area contributed by atoms with Crippen molar-refractivity contribution in [2.45, 2.75) is 39.0 Å². The highest BCUT2D eigenvalue weighted by atomic mass is 16.5. The van der Waals surface area contributed by atoms with Crippen LogP contribution in [0.4, 0.5) is 0 Å². The third kappa shape index (κ3) is 4.30. The Kier molecular flexibility index (Phi) is 5.80. The van der Waals surface area contributed by atoms with E-state index >= 15 is 0 Å². The fraction of sp³-hybridized carbons (Fsp3) is 0.292. The lowest BCUT2D eigenvalue weighted by Crippen LogP contribution is -2.02. The SMILES string of the molecule is CCC(CCc1ccc(O)c(C)c1)c1ccc2ccc(C(=O)OC)cc2c1. The van der Waals surface area contributed by atoms with Crippen LogP contribution in [0.15, 0.2) is 54.6 Å². The largest absolute Gasteiger partial charge is 0.508 e. The Hall–Kier alpha value is -2.81. The second-order valence-electron chi connectivity index (χ2n) is 7.08. The smallest absolute Gasteiger partial charge is 0.337 e. The van der Waals surface area contributed by atoms with Crippen molar-refractivity contribution in [3.05, 3.63) is 76.9 Å². The van der Waals surface area contributed by atoms with Crippen molar-refractivity contribution in [2.75, 3.05) is 7.11 Å². The van der Waals surface area contributed by atoms with E-state index in [0.717, 1.165) is 35.6 Å². The van der Waals surface area contributed by atoms with Gasteiger partial charge in [0.25, 0.3) is 0 Å². The number of hydrogen-bond donors (Lipinski definition) is 1. The molecular formula is C24H26O3. The van der Waals surface area contributed by atoms with Crippen molar-refractivity contribution >= 4 is 16.7 Å². The molecule has 0 radical (unpaired) electrons. The predicted molar refractivity (Wildman–Crippen MR) is 109 cm³/mol. The molecule has 1 N–H and O–H groups in total. The molecule has 0 saturated heterocycles. The zero-order valence-corrected chi connectivity index (χ0v) is 16.2. The third-order valence-corrected chi connectivity index (χ3v) is 5.29. The first-order valence-corrected chi connectivity index (χ1v) is 9.42. The highest BCUT2D eigenvalue weighted by Gasteiger charge is 2.12. The lowest BCUT2D eigenvalue weighted by Gasteiger charge is -2.17. The van der Waals surface area contributed by atoms with Gasteiger partial charge in [-0.3, -0.25) is 0 Å². The van der Waals surface area contributed by atoms with Gasteiger partial charge < -0.3 is 9.84 Å². The van der Waals surface area contributed by atoms with Crippen LogP contribution < -0.4 is 0 Å². The summed E-state index contributed by atoms with van der Waals surface area (Å²) in [6.07, 6.45) is 3.07. The minimum Gasteiger partial charge on any atom is -0.508 e. The van der Waals surface area contributed by atoms with Crippen LogP contribution >= 0.6 is 0 Å². The summed E-state index contributed by atoms with van der Waals surface area (Å²) in [5.74, 6) is 0.490. The van der Waals surface area contributed by atoms with E-state index in [-0.39, 0.29) is 5.97 Å². The van der Waals surface area contributed by atoms with Gasteiger partial charge in [-0.25, -0.2) is 4.79 Å². The van der Waals surface area contributed by atoms with E-state index in [2.05, 4.69) is 31.2 Å². The fourth-order valence-corrected chi connectivity index (χ4v) is 3.58. The van der Waals surface area contributed by atoms with Gasteiger partial charge in [-0.15, -0.1) is 0 Å². The number of phenols is 1. The molecule has 3 heteroatoms. The number of ether oxygens (including phenoxy) is 1. The van der Waals surface area contributed by atoms with Crippen molar-refractivity contribution in [2.24, 2.45) is 0 Å². The first-order chi connectivity index (χ1) is 13.0. The number of aryl methyl sites for hydroxylation is 2. The lowest BCUT2D eigenvalue weighted by molar-refractivity contribution is 0.0601. The summed E-state index contributed by atoms with van der Waals surface area (Å²) in [6, 6.07) is 18.0. The van der Waals surface area contributed by atoms with Crippen LogP contribution in [0.2, 0.25) is 0 Å². The lowest BCUT2D eigenvalue weighted by atomic mass is 9.88. The highest BCUT2D eigenvalue weighted by Crippen LogP contribution is 2.29. The zero-order valence-electron chi connectivity index (χ0n) is 16.2. The quantitative estimate of drug-likeness (QED) is 0.567.